The van der Waals surface area contributed by atoms with E-state index < -0.39 is 0 Å². The van der Waals surface area contributed by atoms with Gasteiger partial charge in [0.05, 0.1) is 0 Å². The summed E-state index contributed by atoms with van der Waals surface area (Å²) in [5.74, 6) is 0.204. The van der Waals surface area contributed by atoms with Gasteiger partial charge in [-0.05, 0) is 43.7 Å². The number of thiophene rings is 1. The van der Waals surface area contributed by atoms with Crippen LogP contribution in [0.25, 0.3) is 0 Å². The van der Waals surface area contributed by atoms with Gasteiger partial charge in [-0.1, -0.05) is 0 Å². The molecule has 1 aromatic heterocycles. The lowest BCUT2D eigenvalue weighted by Gasteiger charge is -2.33. The van der Waals surface area contributed by atoms with Gasteiger partial charge in [0.15, 0.2) is 0 Å². The van der Waals surface area contributed by atoms with Crippen molar-refractivity contribution in [3.63, 3.8) is 0 Å². The SMILES string of the molecule is CC(=O)N1CCC(NC(C)c2sccc2C)CC1. The van der Waals surface area contributed by atoms with E-state index in [9.17, 15) is 4.79 Å². The zero-order valence-electron chi connectivity index (χ0n) is 11.4. The third-order valence-electron chi connectivity index (χ3n) is 3.72. The lowest BCUT2D eigenvalue weighted by Crippen LogP contribution is -2.44. The maximum atomic E-state index is 11.3. The van der Waals surface area contributed by atoms with Gasteiger partial charge in [0.2, 0.25) is 5.91 Å². The first-order chi connectivity index (χ1) is 8.58. The Morgan fingerprint density at radius 2 is 2.17 bits per heavy atom. The quantitative estimate of drug-likeness (QED) is 0.912. The average molecular weight is 266 g/mol. The van der Waals surface area contributed by atoms with E-state index in [-0.39, 0.29) is 5.91 Å². The first-order valence-electron chi connectivity index (χ1n) is 6.63. The first-order valence-corrected chi connectivity index (χ1v) is 7.51. The van der Waals surface area contributed by atoms with Crippen molar-refractivity contribution in [1.82, 2.24) is 10.2 Å². The van der Waals surface area contributed by atoms with Crippen LogP contribution in [0.5, 0.6) is 0 Å². The van der Waals surface area contributed by atoms with Gasteiger partial charge < -0.3 is 10.2 Å². The smallest absolute Gasteiger partial charge is 0.219 e. The molecule has 1 fully saturated rings. The molecule has 1 N–H and O–H groups in total. The number of aryl methyl sites for hydroxylation is 1. The van der Waals surface area contributed by atoms with Gasteiger partial charge in [0.1, 0.15) is 0 Å². The van der Waals surface area contributed by atoms with Crippen molar-refractivity contribution in [2.24, 2.45) is 0 Å². The number of rotatable bonds is 3. The summed E-state index contributed by atoms with van der Waals surface area (Å²) in [6.07, 6.45) is 2.13. The van der Waals surface area contributed by atoms with Crippen LogP contribution in [0.15, 0.2) is 11.4 Å². The second kappa shape index (κ2) is 5.85. The van der Waals surface area contributed by atoms with Crippen LogP contribution in [0.2, 0.25) is 0 Å². The van der Waals surface area contributed by atoms with Crippen LogP contribution in [0.3, 0.4) is 0 Å². The van der Waals surface area contributed by atoms with Crippen LogP contribution >= 0.6 is 11.3 Å². The van der Waals surface area contributed by atoms with Crippen molar-refractivity contribution in [3.05, 3.63) is 21.9 Å². The predicted octanol–water partition coefficient (Wildman–Crippen LogP) is 2.72. The molecule has 1 aliphatic rings. The molecule has 1 amide bonds. The van der Waals surface area contributed by atoms with Crippen molar-refractivity contribution >= 4 is 17.2 Å². The topological polar surface area (TPSA) is 32.3 Å². The highest BCUT2D eigenvalue weighted by molar-refractivity contribution is 7.10. The Morgan fingerprint density at radius 3 is 2.67 bits per heavy atom. The predicted molar refractivity (Wildman–Crippen MR) is 75.9 cm³/mol. The second-order valence-electron chi connectivity index (χ2n) is 5.14. The fraction of sp³-hybridized carbons (Fsp3) is 0.643. The minimum absolute atomic E-state index is 0.204. The monoisotopic (exact) mass is 266 g/mol. The van der Waals surface area contributed by atoms with E-state index in [2.05, 4.69) is 30.6 Å². The van der Waals surface area contributed by atoms with E-state index in [1.54, 1.807) is 6.92 Å². The molecule has 1 unspecified atom stereocenters. The maximum absolute atomic E-state index is 11.3. The molecule has 1 atom stereocenters. The third-order valence-corrected chi connectivity index (χ3v) is 4.92. The number of hydrogen-bond donors (Lipinski definition) is 1. The summed E-state index contributed by atoms with van der Waals surface area (Å²) in [5.41, 5.74) is 1.38. The van der Waals surface area contributed by atoms with Crippen molar-refractivity contribution in [1.29, 1.82) is 0 Å². The van der Waals surface area contributed by atoms with Crippen molar-refractivity contribution in [2.75, 3.05) is 13.1 Å². The Balaban J connectivity index is 1.85. The molecular formula is C14H22N2OS. The summed E-state index contributed by atoms with van der Waals surface area (Å²) in [5, 5.41) is 5.85. The molecule has 1 saturated heterocycles. The molecule has 18 heavy (non-hydrogen) atoms. The number of piperidine rings is 1. The van der Waals surface area contributed by atoms with Crippen LogP contribution in [0.1, 0.15) is 43.2 Å². The first kappa shape index (κ1) is 13.6. The average Bonchev–Trinajstić information content (AvgIpc) is 2.76. The zero-order valence-corrected chi connectivity index (χ0v) is 12.2. The van der Waals surface area contributed by atoms with Gasteiger partial charge in [-0.15, -0.1) is 11.3 Å². The standard InChI is InChI=1S/C14H22N2OS/c1-10-6-9-18-14(10)11(2)15-13-4-7-16(8-5-13)12(3)17/h6,9,11,13,15H,4-5,7-8H2,1-3H3. The molecule has 3 nitrogen and oxygen atoms in total. The molecule has 0 aromatic carbocycles. The maximum Gasteiger partial charge on any atom is 0.219 e. The van der Waals surface area contributed by atoms with Gasteiger partial charge >= 0.3 is 0 Å². The minimum Gasteiger partial charge on any atom is -0.343 e. The molecule has 100 valence electrons. The van der Waals surface area contributed by atoms with Gasteiger partial charge in [-0.25, -0.2) is 0 Å². The molecule has 0 bridgehead atoms. The molecule has 0 spiro atoms. The summed E-state index contributed by atoms with van der Waals surface area (Å²) in [4.78, 5) is 14.6. The largest absolute Gasteiger partial charge is 0.343 e. The molecule has 4 heteroatoms. The van der Waals surface area contributed by atoms with Crippen molar-refractivity contribution < 1.29 is 4.79 Å². The number of carbonyl (C=O) groups excluding carboxylic acids is 1. The zero-order chi connectivity index (χ0) is 13.1. The summed E-state index contributed by atoms with van der Waals surface area (Å²) in [6.45, 7) is 7.84. The van der Waals surface area contributed by atoms with E-state index in [1.807, 2.05) is 16.2 Å². The van der Waals surface area contributed by atoms with Crippen LogP contribution < -0.4 is 5.32 Å². The fourth-order valence-electron chi connectivity index (χ4n) is 2.62. The van der Waals surface area contributed by atoms with Gasteiger partial charge in [0.25, 0.3) is 0 Å². The summed E-state index contributed by atoms with van der Waals surface area (Å²) >= 11 is 1.82. The molecule has 0 saturated carbocycles. The second-order valence-corrected chi connectivity index (χ2v) is 6.08. The lowest BCUT2D eigenvalue weighted by atomic mass is 10.0. The highest BCUT2D eigenvalue weighted by atomic mass is 32.1. The molecule has 2 heterocycles. The Kier molecular flexibility index (Phi) is 4.40. The molecule has 2 rings (SSSR count). The number of hydrogen-bond acceptors (Lipinski definition) is 3. The van der Waals surface area contributed by atoms with E-state index >= 15 is 0 Å². The fourth-order valence-corrected chi connectivity index (χ4v) is 3.56. The van der Waals surface area contributed by atoms with E-state index in [4.69, 9.17) is 0 Å². The number of nitrogens with zero attached hydrogens (tertiary/aromatic N) is 1. The Labute approximate surface area is 113 Å². The Bertz CT molecular complexity index is 408. The summed E-state index contributed by atoms with van der Waals surface area (Å²) in [6, 6.07) is 3.13. The van der Waals surface area contributed by atoms with Crippen LogP contribution in [0, 0.1) is 6.92 Å². The number of likely N-dealkylation sites (tertiary alicyclic amines) is 1. The Morgan fingerprint density at radius 1 is 1.50 bits per heavy atom. The molecule has 1 aliphatic heterocycles. The van der Waals surface area contributed by atoms with Crippen LogP contribution in [-0.4, -0.2) is 29.9 Å². The number of carbonyl (C=O) groups is 1. The summed E-state index contributed by atoms with van der Waals surface area (Å²) in [7, 11) is 0. The van der Waals surface area contributed by atoms with E-state index in [0.29, 0.717) is 12.1 Å². The van der Waals surface area contributed by atoms with Gasteiger partial charge in [-0.3, -0.25) is 4.79 Å². The van der Waals surface area contributed by atoms with Crippen molar-refractivity contribution in [2.45, 2.75) is 45.7 Å². The summed E-state index contributed by atoms with van der Waals surface area (Å²) < 4.78 is 0. The van der Waals surface area contributed by atoms with Crippen molar-refractivity contribution in [3.8, 4) is 0 Å². The van der Waals surface area contributed by atoms with E-state index in [0.717, 1.165) is 25.9 Å². The van der Waals surface area contributed by atoms with Gasteiger partial charge in [0, 0.05) is 37.0 Å². The highest BCUT2D eigenvalue weighted by Crippen LogP contribution is 2.25. The normalized spacial score (nSPS) is 18.9. The number of amides is 1. The minimum atomic E-state index is 0.204. The van der Waals surface area contributed by atoms with Gasteiger partial charge in [-0.2, -0.15) is 0 Å². The van der Waals surface area contributed by atoms with E-state index in [1.165, 1.54) is 10.4 Å². The van der Waals surface area contributed by atoms with Crippen LogP contribution in [-0.2, 0) is 4.79 Å². The lowest BCUT2D eigenvalue weighted by molar-refractivity contribution is -0.129. The van der Waals surface area contributed by atoms with Crippen LogP contribution in [0.4, 0.5) is 0 Å². The highest BCUT2D eigenvalue weighted by Gasteiger charge is 2.22. The third kappa shape index (κ3) is 3.12. The molecular weight excluding hydrogens is 244 g/mol. The Hall–Kier alpha value is -0.870. The number of nitrogens with one attached hydrogen (secondary N) is 1. The molecule has 0 radical (unpaired) electrons. The molecule has 0 aliphatic carbocycles. The molecule has 1 aromatic rings.